The standard InChI is InChI=1S/C9H11NO/c1-2-4-8(5-3-1)9-10-6-7-11-9/h1-5,9-10H,6-7H2/t9-/m1/s1. The van der Waals surface area contributed by atoms with E-state index in [1.807, 2.05) is 18.2 Å². The van der Waals surface area contributed by atoms with Gasteiger partial charge in [-0.1, -0.05) is 30.3 Å². The van der Waals surface area contributed by atoms with Crippen molar-refractivity contribution in [3.8, 4) is 0 Å². The summed E-state index contributed by atoms with van der Waals surface area (Å²) in [6, 6.07) is 10.2. The Morgan fingerprint density at radius 1 is 1.27 bits per heavy atom. The van der Waals surface area contributed by atoms with E-state index in [2.05, 4.69) is 17.4 Å². The maximum atomic E-state index is 5.43. The van der Waals surface area contributed by atoms with Crippen LogP contribution in [0.5, 0.6) is 0 Å². The molecule has 11 heavy (non-hydrogen) atoms. The summed E-state index contributed by atoms with van der Waals surface area (Å²) in [4.78, 5) is 0. The number of rotatable bonds is 1. The predicted octanol–water partition coefficient (Wildman–Crippen LogP) is 1.30. The topological polar surface area (TPSA) is 21.3 Å². The monoisotopic (exact) mass is 149 g/mol. The van der Waals surface area contributed by atoms with Crippen LogP contribution in [0.4, 0.5) is 0 Å². The third-order valence-electron chi connectivity index (χ3n) is 1.82. The minimum atomic E-state index is 0.121. The van der Waals surface area contributed by atoms with Crippen LogP contribution in [0.3, 0.4) is 0 Å². The van der Waals surface area contributed by atoms with Crippen molar-refractivity contribution in [1.29, 1.82) is 0 Å². The number of hydrogen-bond donors (Lipinski definition) is 1. The summed E-state index contributed by atoms with van der Waals surface area (Å²) in [6.45, 7) is 1.78. The molecule has 0 spiro atoms. The van der Waals surface area contributed by atoms with Crippen LogP contribution in [0.15, 0.2) is 30.3 Å². The van der Waals surface area contributed by atoms with Gasteiger partial charge in [-0.25, -0.2) is 0 Å². The zero-order valence-corrected chi connectivity index (χ0v) is 6.29. The van der Waals surface area contributed by atoms with Crippen LogP contribution >= 0.6 is 0 Å². The molecule has 2 heteroatoms. The fraction of sp³-hybridized carbons (Fsp3) is 0.333. The maximum Gasteiger partial charge on any atom is 0.134 e. The summed E-state index contributed by atoms with van der Waals surface area (Å²) in [5.74, 6) is 0. The smallest absolute Gasteiger partial charge is 0.134 e. The molecule has 1 aliphatic heterocycles. The van der Waals surface area contributed by atoms with E-state index in [0.29, 0.717) is 0 Å². The molecular formula is C9H11NO. The molecule has 0 aromatic heterocycles. The predicted molar refractivity (Wildman–Crippen MR) is 43.1 cm³/mol. The van der Waals surface area contributed by atoms with Gasteiger partial charge in [0, 0.05) is 6.54 Å². The second-order valence-corrected chi connectivity index (χ2v) is 2.62. The molecule has 0 unspecified atom stereocenters. The van der Waals surface area contributed by atoms with Crippen molar-refractivity contribution in [2.24, 2.45) is 0 Å². The van der Waals surface area contributed by atoms with E-state index in [9.17, 15) is 0 Å². The van der Waals surface area contributed by atoms with Crippen molar-refractivity contribution >= 4 is 0 Å². The number of hydrogen-bond acceptors (Lipinski definition) is 2. The van der Waals surface area contributed by atoms with Crippen LogP contribution in [-0.4, -0.2) is 13.2 Å². The minimum absolute atomic E-state index is 0.121. The summed E-state index contributed by atoms with van der Waals surface area (Å²) in [7, 11) is 0. The molecule has 1 heterocycles. The first-order valence-electron chi connectivity index (χ1n) is 3.87. The van der Waals surface area contributed by atoms with Crippen molar-refractivity contribution in [3.05, 3.63) is 35.9 Å². The molecule has 1 aromatic carbocycles. The molecule has 1 N–H and O–H groups in total. The molecule has 2 nitrogen and oxygen atoms in total. The van der Waals surface area contributed by atoms with Crippen LogP contribution in [0.2, 0.25) is 0 Å². The maximum absolute atomic E-state index is 5.43. The molecule has 58 valence electrons. The Labute approximate surface area is 66.2 Å². The van der Waals surface area contributed by atoms with E-state index < -0.39 is 0 Å². The molecular weight excluding hydrogens is 138 g/mol. The van der Waals surface area contributed by atoms with E-state index in [1.165, 1.54) is 5.56 Å². The highest BCUT2D eigenvalue weighted by molar-refractivity contribution is 5.17. The summed E-state index contributed by atoms with van der Waals surface area (Å²) in [6.07, 6.45) is 0.121. The van der Waals surface area contributed by atoms with E-state index in [4.69, 9.17) is 4.74 Å². The number of benzene rings is 1. The fourth-order valence-electron chi connectivity index (χ4n) is 1.27. The molecule has 1 aromatic rings. The molecule has 1 saturated heterocycles. The van der Waals surface area contributed by atoms with Gasteiger partial charge in [-0.05, 0) is 5.56 Å². The number of ether oxygens (including phenoxy) is 1. The van der Waals surface area contributed by atoms with Gasteiger partial charge in [0.1, 0.15) is 6.23 Å². The molecule has 1 fully saturated rings. The lowest BCUT2D eigenvalue weighted by Gasteiger charge is -2.08. The van der Waals surface area contributed by atoms with Gasteiger partial charge in [-0.3, -0.25) is 5.32 Å². The van der Waals surface area contributed by atoms with Crippen LogP contribution in [0, 0.1) is 0 Å². The Morgan fingerprint density at radius 3 is 2.73 bits per heavy atom. The van der Waals surface area contributed by atoms with Crippen molar-refractivity contribution in [3.63, 3.8) is 0 Å². The van der Waals surface area contributed by atoms with Gasteiger partial charge in [0.05, 0.1) is 6.61 Å². The molecule has 1 atom stereocenters. The Kier molecular flexibility index (Phi) is 1.88. The zero-order chi connectivity index (χ0) is 7.52. The summed E-state index contributed by atoms with van der Waals surface area (Å²) in [5, 5.41) is 3.25. The Morgan fingerprint density at radius 2 is 2.09 bits per heavy atom. The van der Waals surface area contributed by atoms with E-state index >= 15 is 0 Å². The molecule has 0 amide bonds. The van der Waals surface area contributed by atoms with Gasteiger partial charge < -0.3 is 4.74 Å². The van der Waals surface area contributed by atoms with Gasteiger partial charge in [0.15, 0.2) is 0 Å². The average molecular weight is 149 g/mol. The second kappa shape index (κ2) is 3.03. The Bertz CT molecular complexity index is 216. The average Bonchev–Trinajstić information content (AvgIpc) is 2.58. The van der Waals surface area contributed by atoms with E-state index in [-0.39, 0.29) is 6.23 Å². The van der Waals surface area contributed by atoms with E-state index in [1.54, 1.807) is 0 Å². The highest BCUT2D eigenvalue weighted by Crippen LogP contribution is 2.16. The quantitative estimate of drug-likeness (QED) is 0.650. The first kappa shape index (κ1) is 6.83. The summed E-state index contributed by atoms with van der Waals surface area (Å²) in [5.41, 5.74) is 1.21. The molecule has 0 saturated carbocycles. The third kappa shape index (κ3) is 1.42. The Balaban J connectivity index is 2.16. The van der Waals surface area contributed by atoms with Crippen LogP contribution < -0.4 is 5.32 Å². The zero-order valence-electron chi connectivity index (χ0n) is 6.29. The third-order valence-corrected chi connectivity index (χ3v) is 1.82. The largest absolute Gasteiger partial charge is 0.358 e. The molecule has 0 aliphatic carbocycles. The fourth-order valence-corrected chi connectivity index (χ4v) is 1.27. The normalized spacial score (nSPS) is 23.8. The van der Waals surface area contributed by atoms with Crippen molar-refractivity contribution in [2.75, 3.05) is 13.2 Å². The van der Waals surface area contributed by atoms with Crippen LogP contribution in [0.1, 0.15) is 11.8 Å². The highest BCUT2D eigenvalue weighted by atomic mass is 16.5. The molecule has 0 radical (unpaired) electrons. The van der Waals surface area contributed by atoms with Crippen LogP contribution in [0.25, 0.3) is 0 Å². The lowest BCUT2D eigenvalue weighted by Crippen LogP contribution is -2.13. The summed E-state index contributed by atoms with van der Waals surface area (Å²) < 4.78 is 5.43. The first-order chi connectivity index (χ1) is 5.47. The van der Waals surface area contributed by atoms with Crippen molar-refractivity contribution in [2.45, 2.75) is 6.23 Å². The lowest BCUT2D eigenvalue weighted by atomic mass is 10.2. The summed E-state index contributed by atoms with van der Waals surface area (Å²) >= 11 is 0. The second-order valence-electron chi connectivity index (χ2n) is 2.62. The van der Waals surface area contributed by atoms with Gasteiger partial charge in [-0.15, -0.1) is 0 Å². The van der Waals surface area contributed by atoms with Gasteiger partial charge in [0.2, 0.25) is 0 Å². The Hall–Kier alpha value is -0.860. The molecule has 2 rings (SSSR count). The van der Waals surface area contributed by atoms with Gasteiger partial charge in [0.25, 0.3) is 0 Å². The SMILES string of the molecule is c1ccc([C@@H]2NCCO2)cc1. The number of nitrogens with one attached hydrogen (secondary N) is 1. The lowest BCUT2D eigenvalue weighted by molar-refractivity contribution is 0.102. The van der Waals surface area contributed by atoms with Crippen molar-refractivity contribution < 1.29 is 4.74 Å². The van der Waals surface area contributed by atoms with Crippen LogP contribution in [-0.2, 0) is 4.74 Å². The highest BCUT2D eigenvalue weighted by Gasteiger charge is 2.15. The minimum Gasteiger partial charge on any atom is -0.358 e. The van der Waals surface area contributed by atoms with Gasteiger partial charge in [-0.2, -0.15) is 0 Å². The molecule has 1 aliphatic rings. The first-order valence-corrected chi connectivity index (χ1v) is 3.87. The van der Waals surface area contributed by atoms with Crippen molar-refractivity contribution in [1.82, 2.24) is 5.32 Å². The van der Waals surface area contributed by atoms with E-state index in [0.717, 1.165) is 13.2 Å². The molecule has 0 bridgehead atoms. The van der Waals surface area contributed by atoms with Gasteiger partial charge >= 0.3 is 0 Å².